The molecule has 0 spiro atoms. The van der Waals surface area contributed by atoms with Gasteiger partial charge < -0.3 is 4.57 Å². The van der Waals surface area contributed by atoms with Crippen molar-refractivity contribution in [3.8, 4) is 0 Å². The van der Waals surface area contributed by atoms with E-state index >= 15 is 0 Å². The number of hydrogen-bond acceptors (Lipinski definition) is 3. The van der Waals surface area contributed by atoms with Crippen molar-refractivity contribution in [2.45, 2.75) is 13.5 Å². The second-order valence-corrected chi connectivity index (χ2v) is 8.66. The first kappa shape index (κ1) is 17.3. The van der Waals surface area contributed by atoms with Crippen LogP contribution in [0.15, 0.2) is 23.2 Å². The summed E-state index contributed by atoms with van der Waals surface area (Å²) in [5.74, 6) is -0.436. The summed E-state index contributed by atoms with van der Waals surface area (Å²) in [6.07, 6.45) is 0. The molecule has 0 saturated carbocycles. The van der Waals surface area contributed by atoms with Crippen molar-refractivity contribution in [3.05, 3.63) is 47.3 Å². The number of carbonyl (C=O) groups excluding carboxylic acids is 1. The van der Waals surface area contributed by atoms with Gasteiger partial charge in [0.05, 0.1) is 25.1 Å². The number of aromatic nitrogens is 1. The summed E-state index contributed by atoms with van der Waals surface area (Å²) >= 11 is 26.7. The van der Waals surface area contributed by atoms with Crippen LogP contribution in [0.25, 0.3) is 10.2 Å². The van der Waals surface area contributed by atoms with E-state index < -0.39 is 5.91 Å². The van der Waals surface area contributed by atoms with Gasteiger partial charge in [-0.25, -0.2) is 0 Å². The molecule has 0 saturated heterocycles. The molecule has 1 amide bonds. The van der Waals surface area contributed by atoms with Gasteiger partial charge in [0.15, 0.2) is 4.80 Å². The molecule has 0 atom stereocenters. The van der Waals surface area contributed by atoms with Crippen LogP contribution in [0.5, 0.6) is 0 Å². The quantitative estimate of drug-likeness (QED) is 0.485. The van der Waals surface area contributed by atoms with Crippen LogP contribution in [0, 0.1) is 0 Å². The third-order valence-electron chi connectivity index (χ3n) is 3.10. The first-order valence-electron chi connectivity index (χ1n) is 6.43. The van der Waals surface area contributed by atoms with Gasteiger partial charge in [-0.15, -0.1) is 11.3 Å². The maximum Gasteiger partial charge on any atom is 0.282 e. The highest BCUT2D eigenvalue weighted by molar-refractivity contribution is 7.20. The van der Waals surface area contributed by atoms with E-state index in [2.05, 4.69) is 4.99 Å². The van der Waals surface area contributed by atoms with Crippen molar-refractivity contribution in [1.29, 1.82) is 0 Å². The van der Waals surface area contributed by atoms with Crippen LogP contribution >= 0.6 is 69.1 Å². The average molecular weight is 426 g/mol. The summed E-state index contributed by atoms with van der Waals surface area (Å²) in [7, 11) is 0. The predicted octanol–water partition coefficient (Wildman–Crippen LogP) is 6.14. The minimum absolute atomic E-state index is 0.297. The minimum atomic E-state index is -0.436. The SMILES string of the molecule is CCn1c(=NC(=O)c2cc(Cl)sc2Cl)sc2cc(Cl)cc(Cl)c21. The Morgan fingerprint density at radius 2 is 1.91 bits per heavy atom. The van der Waals surface area contributed by atoms with Gasteiger partial charge in [-0.2, -0.15) is 4.99 Å². The molecule has 0 radical (unpaired) electrons. The number of thiazole rings is 1. The smallest absolute Gasteiger partial charge is 0.282 e. The minimum Gasteiger partial charge on any atom is -0.315 e. The highest BCUT2D eigenvalue weighted by atomic mass is 35.5. The van der Waals surface area contributed by atoms with Crippen LogP contribution in [0.1, 0.15) is 17.3 Å². The van der Waals surface area contributed by atoms with Gasteiger partial charge in [-0.3, -0.25) is 4.79 Å². The maximum atomic E-state index is 12.4. The number of carbonyl (C=O) groups is 1. The molecule has 23 heavy (non-hydrogen) atoms. The lowest BCUT2D eigenvalue weighted by Gasteiger charge is -2.02. The Morgan fingerprint density at radius 3 is 2.52 bits per heavy atom. The molecule has 120 valence electrons. The number of nitrogens with zero attached hydrogens (tertiary/aromatic N) is 2. The Hall–Kier alpha value is -0.560. The van der Waals surface area contributed by atoms with Crippen LogP contribution < -0.4 is 4.80 Å². The summed E-state index contributed by atoms with van der Waals surface area (Å²) in [5, 5.41) is 1.06. The first-order chi connectivity index (χ1) is 10.9. The zero-order valence-corrected chi connectivity index (χ0v) is 16.2. The lowest BCUT2D eigenvalue weighted by molar-refractivity contribution is 0.0998. The van der Waals surface area contributed by atoms with E-state index in [0.717, 1.165) is 21.6 Å². The lowest BCUT2D eigenvalue weighted by Crippen LogP contribution is -2.16. The topological polar surface area (TPSA) is 34.4 Å². The van der Waals surface area contributed by atoms with Crippen LogP contribution in [-0.4, -0.2) is 10.5 Å². The van der Waals surface area contributed by atoms with Gasteiger partial charge in [-0.1, -0.05) is 57.7 Å². The molecule has 3 aromatic rings. The average Bonchev–Trinajstić information content (AvgIpc) is 2.98. The van der Waals surface area contributed by atoms with Crippen molar-refractivity contribution in [1.82, 2.24) is 4.57 Å². The number of rotatable bonds is 2. The molecule has 1 aromatic carbocycles. The van der Waals surface area contributed by atoms with E-state index in [0.29, 0.717) is 35.6 Å². The zero-order chi connectivity index (χ0) is 16.7. The van der Waals surface area contributed by atoms with E-state index in [1.807, 2.05) is 11.5 Å². The van der Waals surface area contributed by atoms with Crippen molar-refractivity contribution >= 4 is 85.2 Å². The predicted molar refractivity (Wildman–Crippen MR) is 99.7 cm³/mol. The molecule has 3 rings (SSSR count). The van der Waals surface area contributed by atoms with Gasteiger partial charge >= 0.3 is 0 Å². The molecule has 0 aliphatic rings. The monoisotopic (exact) mass is 424 g/mol. The van der Waals surface area contributed by atoms with E-state index in [4.69, 9.17) is 46.4 Å². The molecule has 0 N–H and O–H groups in total. The summed E-state index contributed by atoms with van der Waals surface area (Å²) in [4.78, 5) is 17.1. The van der Waals surface area contributed by atoms with Crippen LogP contribution in [-0.2, 0) is 6.54 Å². The Bertz CT molecular complexity index is 987. The van der Waals surface area contributed by atoms with Crippen molar-refractivity contribution in [2.75, 3.05) is 0 Å². The molecule has 0 aliphatic heterocycles. The largest absolute Gasteiger partial charge is 0.315 e. The maximum absolute atomic E-state index is 12.4. The number of benzene rings is 1. The van der Waals surface area contributed by atoms with Gasteiger partial charge in [0.25, 0.3) is 5.91 Å². The highest BCUT2D eigenvalue weighted by Gasteiger charge is 2.15. The Balaban J connectivity index is 2.21. The summed E-state index contributed by atoms with van der Waals surface area (Å²) in [6.45, 7) is 2.57. The highest BCUT2D eigenvalue weighted by Crippen LogP contribution is 2.32. The van der Waals surface area contributed by atoms with Crippen molar-refractivity contribution < 1.29 is 4.79 Å². The Morgan fingerprint density at radius 1 is 1.17 bits per heavy atom. The molecular weight excluding hydrogens is 418 g/mol. The molecule has 0 bridgehead atoms. The fourth-order valence-corrected chi connectivity index (χ4v) is 5.46. The third kappa shape index (κ3) is 3.31. The van der Waals surface area contributed by atoms with Crippen LogP contribution in [0.3, 0.4) is 0 Å². The standard InChI is InChI=1S/C14H8Cl4N2OS2/c1-2-20-11-8(16)3-6(15)4-9(11)22-14(20)19-13(21)7-5-10(17)23-12(7)18/h3-5H,2H2,1H3. The van der Waals surface area contributed by atoms with E-state index in [1.165, 1.54) is 17.4 Å². The van der Waals surface area contributed by atoms with Gasteiger partial charge in [0.2, 0.25) is 0 Å². The Labute approximate surface area is 159 Å². The lowest BCUT2D eigenvalue weighted by atomic mass is 10.3. The molecular formula is C14H8Cl4N2OS2. The van der Waals surface area contributed by atoms with Crippen molar-refractivity contribution in [2.24, 2.45) is 4.99 Å². The Kier molecular flexibility index (Phi) is 5.06. The number of thiophene rings is 1. The third-order valence-corrected chi connectivity index (χ3v) is 6.12. The number of halogens is 4. The summed E-state index contributed by atoms with van der Waals surface area (Å²) in [6, 6.07) is 5.00. The summed E-state index contributed by atoms with van der Waals surface area (Å²) in [5.41, 5.74) is 1.11. The second kappa shape index (κ2) is 6.75. The fourth-order valence-electron chi connectivity index (χ4n) is 2.14. The van der Waals surface area contributed by atoms with E-state index in [9.17, 15) is 4.79 Å². The molecule has 0 aliphatic carbocycles. The molecule has 2 heterocycles. The van der Waals surface area contributed by atoms with Crippen LogP contribution in [0.2, 0.25) is 18.7 Å². The number of amides is 1. The molecule has 2 aromatic heterocycles. The number of fused-ring (bicyclic) bond motifs is 1. The fraction of sp³-hybridized carbons (Fsp3) is 0.143. The first-order valence-corrected chi connectivity index (χ1v) is 9.57. The summed E-state index contributed by atoms with van der Waals surface area (Å²) < 4.78 is 3.51. The second-order valence-electron chi connectivity index (χ2n) is 4.52. The normalized spacial score (nSPS) is 12.3. The molecule has 0 fully saturated rings. The van der Waals surface area contributed by atoms with Gasteiger partial charge in [0.1, 0.15) is 4.34 Å². The number of aryl methyl sites for hydroxylation is 1. The number of hydrogen-bond donors (Lipinski definition) is 0. The van der Waals surface area contributed by atoms with Gasteiger partial charge in [-0.05, 0) is 25.1 Å². The molecule has 9 heteroatoms. The van der Waals surface area contributed by atoms with E-state index in [1.54, 1.807) is 12.1 Å². The van der Waals surface area contributed by atoms with Crippen LogP contribution in [0.4, 0.5) is 0 Å². The van der Waals surface area contributed by atoms with Crippen molar-refractivity contribution in [3.63, 3.8) is 0 Å². The van der Waals surface area contributed by atoms with E-state index in [-0.39, 0.29) is 0 Å². The molecule has 0 unspecified atom stereocenters. The zero-order valence-electron chi connectivity index (χ0n) is 11.6. The molecule has 3 nitrogen and oxygen atoms in total. The van der Waals surface area contributed by atoms with Gasteiger partial charge in [0, 0.05) is 11.6 Å².